The van der Waals surface area contributed by atoms with Crippen molar-refractivity contribution in [2.75, 3.05) is 0 Å². The van der Waals surface area contributed by atoms with Gasteiger partial charge in [0.25, 0.3) is 0 Å². The van der Waals surface area contributed by atoms with Crippen LogP contribution in [0.2, 0.25) is 0 Å². The van der Waals surface area contributed by atoms with Crippen LogP contribution in [0.1, 0.15) is 37.7 Å². The Balaban J connectivity index is 2.40. The lowest BCUT2D eigenvalue weighted by molar-refractivity contribution is 0.590. The largest absolute Gasteiger partial charge is 0.325 e. The predicted molar refractivity (Wildman–Crippen MR) is 78.8 cm³/mol. The van der Waals surface area contributed by atoms with Crippen molar-refractivity contribution in [3.63, 3.8) is 0 Å². The van der Waals surface area contributed by atoms with Crippen LogP contribution in [0.4, 0.5) is 0 Å². The van der Waals surface area contributed by atoms with Gasteiger partial charge in [-0.2, -0.15) is 0 Å². The van der Waals surface area contributed by atoms with Crippen molar-refractivity contribution in [3.05, 3.63) is 47.3 Å². The van der Waals surface area contributed by atoms with Gasteiger partial charge < -0.3 is 5.73 Å². The van der Waals surface area contributed by atoms with Crippen molar-refractivity contribution in [2.45, 2.75) is 39.7 Å². The summed E-state index contributed by atoms with van der Waals surface area (Å²) < 4.78 is 0. The molecule has 1 aromatic heterocycles. The number of aryl methyl sites for hydroxylation is 1. The van der Waals surface area contributed by atoms with Crippen molar-refractivity contribution in [2.24, 2.45) is 5.73 Å². The van der Waals surface area contributed by atoms with Crippen LogP contribution in [0.3, 0.4) is 0 Å². The molecule has 0 aliphatic carbocycles. The van der Waals surface area contributed by atoms with E-state index in [1.165, 1.54) is 5.56 Å². The van der Waals surface area contributed by atoms with Crippen LogP contribution < -0.4 is 5.73 Å². The molecule has 0 radical (unpaired) electrons. The molecule has 0 saturated carbocycles. The van der Waals surface area contributed by atoms with Gasteiger partial charge in [0.2, 0.25) is 0 Å². The minimum Gasteiger partial charge on any atom is -0.325 e. The third-order valence-electron chi connectivity index (χ3n) is 3.13. The minimum atomic E-state index is 0.161. The first-order chi connectivity index (χ1) is 8.90. The summed E-state index contributed by atoms with van der Waals surface area (Å²) in [5.41, 5.74) is 9.99. The zero-order valence-electron chi connectivity index (χ0n) is 12.1. The Hall–Kier alpha value is -1.74. The molecule has 2 N–H and O–H groups in total. The summed E-state index contributed by atoms with van der Waals surface area (Å²) >= 11 is 0. The molecule has 0 spiro atoms. The fourth-order valence-corrected chi connectivity index (χ4v) is 1.99. The maximum absolute atomic E-state index is 5.66. The second-order valence-corrected chi connectivity index (χ2v) is 5.86. The van der Waals surface area contributed by atoms with Gasteiger partial charge in [0.1, 0.15) is 0 Å². The second-order valence-electron chi connectivity index (χ2n) is 5.86. The molecular weight excluding hydrogens is 234 g/mol. The molecule has 0 saturated heterocycles. The molecule has 0 unspecified atom stereocenters. The lowest BCUT2D eigenvalue weighted by Crippen LogP contribution is -2.10. The van der Waals surface area contributed by atoms with Crippen LogP contribution >= 0.6 is 0 Å². The van der Waals surface area contributed by atoms with E-state index in [4.69, 9.17) is 5.73 Å². The number of hydrogen-bond donors (Lipinski definition) is 1. The van der Waals surface area contributed by atoms with E-state index in [0.29, 0.717) is 6.54 Å². The highest BCUT2D eigenvalue weighted by molar-refractivity contribution is 5.56. The maximum Gasteiger partial charge on any atom is 0.159 e. The summed E-state index contributed by atoms with van der Waals surface area (Å²) in [7, 11) is 0. The molecule has 2 rings (SSSR count). The average molecular weight is 255 g/mol. The van der Waals surface area contributed by atoms with Gasteiger partial charge in [-0.3, -0.25) is 0 Å². The molecule has 0 bridgehead atoms. The fraction of sp³-hybridized carbons (Fsp3) is 0.375. The molecule has 1 heterocycles. The number of nitrogens with zero attached hydrogens (tertiary/aromatic N) is 2. The monoisotopic (exact) mass is 255 g/mol. The zero-order chi connectivity index (χ0) is 14.0. The summed E-state index contributed by atoms with van der Waals surface area (Å²) in [6.07, 6.45) is 0. The van der Waals surface area contributed by atoms with Gasteiger partial charge in [-0.1, -0.05) is 45.0 Å². The predicted octanol–water partition coefficient (Wildman–Crippen LogP) is 3.21. The maximum atomic E-state index is 5.66. The molecule has 2 aromatic rings. The van der Waals surface area contributed by atoms with Crippen LogP contribution in [0, 0.1) is 6.92 Å². The molecule has 3 nitrogen and oxygen atoms in total. The smallest absolute Gasteiger partial charge is 0.159 e. The molecule has 0 atom stereocenters. The van der Waals surface area contributed by atoms with E-state index in [1.807, 2.05) is 13.0 Å². The van der Waals surface area contributed by atoms with E-state index < -0.39 is 0 Å². The Labute approximate surface area is 114 Å². The quantitative estimate of drug-likeness (QED) is 0.896. The summed E-state index contributed by atoms with van der Waals surface area (Å²) in [6.45, 7) is 9.03. The minimum absolute atomic E-state index is 0.161. The average Bonchev–Trinajstić information content (AvgIpc) is 2.37. The van der Waals surface area contributed by atoms with Gasteiger partial charge in [0.15, 0.2) is 5.82 Å². The lowest BCUT2D eigenvalue weighted by Gasteiger charge is -2.19. The molecule has 1 aromatic carbocycles. The normalized spacial score (nSPS) is 11.6. The Morgan fingerprint density at radius 3 is 2.21 bits per heavy atom. The first kappa shape index (κ1) is 13.7. The third-order valence-corrected chi connectivity index (χ3v) is 3.13. The summed E-state index contributed by atoms with van der Waals surface area (Å²) in [5.74, 6) is 0.751. The Kier molecular flexibility index (Phi) is 3.67. The highest BCUT2D eigenvalue weighted by Gasteiger charge is 2.13. The highest BCUT2D eigenvalue weighted by atomic mass is 14.9. The van der Waals surface area contributed by atoms with E-state index in [-0.39, 0.29) is 5.41 Å². The van der Waals surface area contributed by atoms with E-state index in [0.717, 1.165) is 22.8 Å². The standard InChI is InChI=1S/C16H21N3/c1-11-9-14(10-17)19-15(18-11)12-5-7-13(8-6-12)16(2,3)4/h5-9H,10,17H2,1-4H3. The van der Waals surface area contributed by atoms with Crippen LogP contribution in [-0.4, -0.2) is 9.97 Å². The van der Waals surface area contributed by atoms with E-state index in [9.17, 15) is 0 Å². The molecule has 0 aliphatic heterocycles. The SMILES string of the molecule is Cc1cc(CN)nc(-c2ccc(C(C)(C)C)cc2)n1. The number of nitrogens with two attached hydrogens (primary N) is 1. The molecular formula is C16H21N3. The van der Waals surface area contributed by atoms with Gasteiger partial charge in [0.05, 0.1) is 5.69 Å². The van der Waals surface area contributed by atoms with Crippen molar-refractivity contribution in [3.8, 4) is 11.4 Å². The van der Waals surface area contributed by atoms with Crippen LogP contribution in [0.25, 0.3) is 11.4 Å². The Bertz CT molecular complexity index is 566. The summed E-state index contributed by atoms with van der Waals surface area (Å²) in [5, 5.41) is 0. The zero-order valence-corrected chi connectivity index (χ0v) is 12.1. The summed E-state index contributed by atoms with van der Waals surface area (Å²) in [6, 6.07) is 10.4. The number of hydrogen-bond acceptors (Lipinski definition) is 3. The first-order valence-corrected chi connectivity index (χ1v) is 6.55. The van der Waals surface area contributed by atoms with E-state index in [1.54, 1.807) is 0 Å². The lowest BCUT2D eigenvalue weighted by atomic mass is 9.87. The van der Waals surface area contributed by atoms with Gasteiger partial charge >= 0.3 is 0 Å². The molecule has 0 amide bonds. The van der Waals surface area contributed by atoms with Gasteiger partial charge in [-0.05, 0) is 24.0 Å². The highest BCUT2D eigenvalue weighted by Crippen LogP contribution is 2.24. The van der Waals surface area contributed by atoms with Crippen LogP contribution in [-0.2, 0) is 12.0 Å². The third kappa shape index (κ3) is 3.18. The van der Waals surface area contributed by atoms with Gasteiger partial charge in [-0.25, -0.2) is 9.97 Å². The van der Waals surface area contributed by atoms with Crippen molar-refractivity contribution in [1.82, 2.24) is 9.97 Å². The summed E-state index contributed by atoms with van der Waals surface area (Å²) in [4.78, 5) is 8.96. The molecule has 0 fully saturated rings. The number of benzene rings is 1. The van der Waals surface area contributed by atoms with E-state index >= 15 is 0 Å². The van der Waals surface area contributed by atoms with Gasteiger partial charge in [0, 0.05) is 17.8 Å². The van der Waals surface area contributed by atoms with Crippen LogP contribution in [0.15, 0.2) is 30.3 Å². The van der Waals surface area contributed by atoms with Crippen molar-refractivity contribution in [1.29, 1.82) is 0 Å². The molecule has 19 heavy (non-hydrogen) atoms. The fourth-order valence-electron chi connectivity index (χ4n) is 1.99. The first-order valence-electron chi connectivity index (χ1n) is 6.55. The van der Waals surface area contributed by atoms with Crippen LogP contribution in [0.5, 0.6) is 0 Å². The van der Waals surface area contributed by atoms with E-state index in [2.05, 4.69) is 55.0 Å². The molecule has 100 valence electrons. The number of aromatic nitrogens is 2. The second kappa shape index (κ2) is 5.10. The Morgan fingerprint density at radius 2 is 1.68 bits per heavy atom. The topological polar surface area (TPSA) is 51.8 Å². The van der Waals surface area contributed by atoms with Crippen molar-refractivity contribution >= 4 is 0 Å². The Morgan fingerprint density at radius 1 is 1.05 bits per heavy atom. The molecule has 0 aliphatic rings. The van der Waals surface area contributed by atoms with Gasteiger partial charge in [-0.15, -0.1) is 0 Å². The number of rotatable bonds is 2. The van der Waals surface area contributed by atoms with Crippen molar-refractivity contribution < 1.29 is 0 Å². The molecule has 3 heteroatoms.